The summed E-state index contributed by atoms with van der Waals surface area (Å²) < 4.78 is 5.45. The van der Waals surface area contributed by atoms with E-state index in [4.69, 9.17) is 4.74 Å². The van der Waals surface area contributed by atoms with Gasteiger partial charge in [-0.05, 0) is 74.9 Å². The molecule has 4 nitrogen and oxygen atoms in total. The second-order valence-electron chi connectivity index (χ2n) is 7.09. The van der Waals surface area contributed by atoms with Gasteiger partial charge in [-0.3, -0.25) is 4.98 Å². The Bertz CT molecular complexity index is 704. The van der Waals surface area contributed by atoms with Crippen molar-refractivity contribution in [2.75, 3.05) is 38.2 Å². The van der Waals surface area contributed by atoms with E-state index >= 15 is 0 Å². The molecule has 1 aromatic carbocycles. The Morgan fingerprint density at radius 3 is 3.00 bits per heavy atom. The summed E-state index contributed by atoms with van der Waals surface area (Å²) in [6, 6.07) is 6.24. The lowest BCUT2D eigenvalue weighted by atomic mass is 9.93. The molecule has 2 aliphatic heterocycles. The molecule has 4 heteroatoms. The highest BCUT2D eigenvalue weighted by Gasteiger charge is 2.22. The summed E-state index contributed by atoms with van der Waals surface area (Å²) in [6.07, 6.45) is 8.41. The van der Waals surface area contributed by atoms with Gasteiger partial charge in [0.1, 0.15) is 5.75 Å². The molecule has 1 fully saturated rings. The standard InChI is InChI=1S/C20H27N3O/c1-24-17-4-5-19-18(13-17)20-16(14-22-19)3-2-11-23(20)12-8-15-6-9-21-10-7-15/h4-5,13-15,21H,2-3,6-12H2,1H3. The van der Waals surface area contributed by atoms with E-state index in [2.05, 4.69) is 33.5 Å². The zero-order valence-corrected chi connectivity index (χ0v) is 14.6. The molecule has 2 aliphatic rings. The zero-order chi connectivity index (χ0) is 16.4. The number of nitrogens with zero attached hydrogens (tertiary/aromatic N) is 2. The summed E-state index contributed by atoms with van der Waals surface area (Å²) in [5.74, 6) is 1.79. The molecule has 3 heterocycles. The number of benzene rings is 1. The lowest BCUT2D eigenvalue weighted by Crippen LogP contribution is -2.34. The molecule has 2 aromatic rings. The Morgan fingerprint density at radius 2 is 2.17 bits per heavy atom. The van der Waals surface area contributed by atoms with Gasteiger partial charge in [-0.15, -0.1) is 0 Å². The van der Waals surface area contributed by atoms with Gasteiger partial charge in [0.25, 0.3) is 0 Å². The van der Waals surface area contributed by atoms with Crippen molar-refractivity contribution in [1.29, 1.82) is 0 Å². The smallest absolute Gasteiger partial charge is 0.119 e. The molecular formula is C20H27N3O. The van der Waals surface area contributed by atoms with Crippen LogP contribution in [-0.4, -0.2) is 38.3 Å². The first kappa shape index (κ1) is 15.7. The minimum Gasteiger partial charge on any atom is -0.497 e. The van der Waals surface area contributed by atoms with Crippen LogP contribution in [0.3, 0.4) is 0 Å². The van der Waals surface area contributed by atoms with Crippen molar-refractivity contribution in [3.8, 4) is 5.75 Å². The lowest BCUT2D eigenvalue weighted by molar-refractivity contribution is 0.354. The van der Waals surface area contributed by atoms with Crippen LogP contribution in [0, 0.1) is 5.92 Å². The fourth-order valence-corrected chi connectivity index (χ4v) is 4.19. The van der Waals surface area contributed by atoms with E-state index in [1.165, 1.54) is 55.4 Å². The summed E-state index contributed by atoms with van der Waals surface area (Å²) in [6.45, 7) is 4.69. The number of nitrogens with one attached hydrogen (secondary N) is 1. The molecule has 0 spiro atoms. The highest BCUT2D eigenvalue weighted by molar-refractivity contribution is 5.94. The van der Waals surface area contributed by atoms with E-state index in [-0.39, 0.29) is 0 Å². The zero-order valence-electron chi connectivity index (χ0n) is 14.6. The monoisotopic (exact) mass is 325 g/mol. The summed E-state index contributed by atoms with van der Waals surface area (Å²) >= 11 is 0. The van der Waals surface area contributed by atoms with Gasteiger partial charge in [0.2, 0.25) is 0 Å². The number of methoxy groups -OCH3 is 1. The first-order chi connectivity index (χ1) is 11.8. The number of rotatable bonds is 4. The highest BCUT2D eigenvalue weighted by Crippen LogP contribution is 2.36. The number of hydrogen-bond donors (Lipinski definition) is 1. The number of fused-ring (bicyclic) bond motifs is 3. The van der Waals surface area contributed by atoms with Gasteiger partial charge < -0.3 is 15.0 Å². The number of ether oxygens (including phenoxy) is 1. The molecule has 24 heavy (non-hydrogen) atoms. The number of hydrogen-bond acceptors (Lipinski definition) is 4. The van der Waals surface area contributed by atoms with Crippen LogP contribution in [-0.2, 0) is 6.42 Å². The van der Waals surface area contributed by atoms with Crippen LogP contribution in [0.5, 0.6) is 5.75 Å². The Labute approximate surface area is 144 Å². The predicted octanol–water partition coefficient (Wildman–Crippen LogP) is 3.39. The van der Waals surface area contributed by atoms with Crippen LogP contribution in [0.1, 0.15) is 31.2 Å². The van der Waals surface area contributed by atoms with Crippen LogP contribution >= 0.6 is 0 Å². The van der Waals surface area contributed by atoms with Crippen molar-refractivity contribution in [3.63, 3.8) is 0 Å². The van der Waals surface area contributed by atoms with Gasteiger partial charge in [0.05, 0.1) is 18.3 Å². The SMILES string of the molecule is COc1ccc2ncc3c(c2c1)N(CCC1CCNCC1)CCC3. The molecule has 0 aliphatic carbocycles. The van der Waals surface area contributed by atoms with Gasteiger partial charge >= 0.3 is 0 Å². The Balaban J connectivity index is 1.63. The van der Waals surface area contributed by atoms with Gasteiger partial charge in [-0.1, -0.05) is 0 Å². The second kappa shape index (κ2) is 6.98. The van der Waals surface area contributed by atoms with Crippen LogP contribution < -0.4 is 15.0 Å². The van der Waals surface area contributed by atoms with Gasteiger partial charge in [0, 0.05) is 24.7 Å². The number of pyridine rings is 1. The largest absolute Gasteiger partial charge is 0.497 e. The quantitative estimate of drug-likeness (QED) is 0.935. The van der Waals surface area contributed by atoms with Gasteiger partial charge in [0.15, 0.2) is 0 Å². The van der Waals surface area contributed by atoms with Crippen molar-refractivity contribution in [2.45, 2.75) is 32.1 Å². The van der Waals surface area contributed by atoms with Gasteiger partial charge in [-0.25, -0.2) is 0 Å². The minimum absolute atomic E-state index is 0.874. The molecule has 0 bridgehead atoms. The van der Waals surface area contributed by atoms with E-state index < -0.39 is 0 Å². The predicted molar refractivity (Wildman–Crippen MR) is 99.0 cm³/mol. The third kappa shape index (κ3) is 3.07. The average Bonchev–Trinajstić information content (AvgIpc) is 2.66. The maximum absolute atomic E-state index is 5.45. The van der Waals surface area contributed by atoms with E-state index in [1.54, 1.807) is 7.11 Å². The van der Waals surface area contributed by atoms with Crippen LogP contribution in [0.2, 0.25) is 0 Å². The molecule has 1 saturated heterocycles. The molecule has 1 N–H and O–H groups in total. The Morgan fingerprint density at radius 1 is 1.29 bits per heavy atom. The first-order valence-electron chi connectivity index (χ1n) is 9.26. The summed E-state index contributed by atoms with van der Waals surface area (Å²) in [7, 11) is 1.73. The van der Waals surface area contributed by atoms with Crippen LogP contribution in [0.4, 0.5) is 5.69 Å². The fourth-order valence-electron chi connectivity index (χ4n) is 4.19. The third-order valence-corrected chi connectivity index (χ3v) is 5.58. The second-order valence-corrected chi connectivity index (χ2v) is 7.09. The van der Waals surface area contributed by atoms with Crippen molar-refractivity contribution in [3.05, 3.63) is 30.0 Å². The molecule has 0 saturated carbocycles. The number of piperidine rings is 1. The molecule has 4 rings (SSSR count). The first-order valence-corrected chi connectivity index (χ1v) is 9.26. The molecular weight excluding hydrogens is 298 g/mol. The minimum atomic E-state index is 0.874. The summed E-state index contributed by atoms with van der Waals surface area (Å²) in [5, 5.41) is 4.72. The number of aryl methyl sites for hydroxylation is 1. The highest BCUT2D eigenvalue weighted by atomic mass is 16.5. The maximum Gasteiger partial charge on any atom is 0.119 e. The summed E-state index contributed by atoms with van der Waals surface area (Å²) in [4.78, 5) is 7.27. The number of anilines is 1. The molecule has 0 amide bonds. The van der Waals surface area contributed by atoms with Crippen molar-refractivity contribution in [2.24, 2.45) is 5.92 Å². The lowest BCUT2D eigenvalue weighted by Gasteiger charge is -2.34. The van der Waals surface area contributed by atoms with Crippen molar-refractivity contribution >= 4 is 16.6 Å². The van der Waals surface area contributed by atoms with E-state index in [0.29, 0.717) is 0 Å². The van der Waals surface area contributed by atoms with E-state index in [9.17, 15) is 0 Å². The Hall–Kier alpha value is -1.81. The average molecular weight is 325 g/mol. The molecule has 0 atom stereocenters. The van der Waals surface area contributed by atoms with E-state index in [0.717, 1.165) is 36.7 Å². The molecule has 128 valence electrons. The number of aromatic nitrogens is 1. The Kier molecular flexibility index (Phi) is 4.56. The van der Waals surface area contributed by atoms with Crippen LogP contribution in [0.15, 0.2) is 24.4 Å². The normalized spacial score (nSPS) is 18.6. The molecule has 0 radical (unpaired) electrons. The van der Waals surface area contributed by atoms with Crippen molar-refractivity contribution in [1.82, 2.24) is 10.3 Å². The maximum atomic E-state index is 5.45. The van der Waals surface area contributed by atoms with Crippen LogP contribution in [0.25, 0.3) is 10.9 Å². The third-order valence-electron chi connectivity index (χ3n) is 5.58. The molecule has 0 unspecified atom stereocenters. The van der Waals surface area contributed by atoms with Gasteiger partial charge in [-0.2, -0.15) is 0 Å². The van der Waals surface area contributed by atoms with E-state index in [1.807, 2.05) is 6.07 Å². The van der Waals surface area contributed by atoms with Crippen molar-refractivity contribution < 1.29 is 4.74 Å². The molecule has 1 aromatic heterocycles. The fraction of sp³-hybridized carbons (Fsp3) is 0.550. The topological polar surface area (TPSA) is 37.4 Å². The summed E-state index contributed by atoms with van der Waals surface area (Å²) in [5.41, 5.74) is 3.87.